The second-order valence-corrected chi connectivity index (χ2v) is 10.2. The number of aromatic nitrogens is 3. The van der Waals surface area contributed by atoms with E-state index in [4.69, 9.17) is 9.97 Å². The highest BCUT2D eigenvalue weighted by atomic mass is 16.1. The van der Waals surface area contributed by atoms with Crippen LogP contribution in [0.5, 0.6) is 0 Å². The lowest BCUT2D eigenvalue weighted by atomic mass is 9.90. The number of hydrogen-bond acceptors (Lipinski definition) is 6. The Morgan fingerprint density at radius 2 is 2.03 bits per heavy atom. The number of aryl methyl sites for hydroxylation is 1. The fourth-order valence-corrected chi connectivity index (χ4v) is 5.73. The molecule has 0 saturated carbocycles. The molecule has 0 radical (unpaired) electrons. The van der Waals surface area contributed by atoms with E-state index >= 15 is 0 Å². The second kappa shape index (κ2) is 9.47. The summed E-state index contributed by atoms with van der Waals surface area (Å²) in [6.07, 6.45) is 7.34. The molecule has 2 atom stereocenters. The van der Waals surface area contributed by atoms with Crippen LogP contribution in [0.1, 0.15) is 66.6 Å². The molecule has 0 unspecified atom stereocenters. The van der Waals surface area contributed by atoms with Gasteiger partial charge in [-0.2, -0.15) is 0 Å². The zero-order chi connectivity index (χ0) is 23.8. The maximum absolute atomic E-state index is 12.4. The second-order valence-electron chi connectivity index (χ2n) is 10.2. The predicted molar refractivity (Wildman–Crippen MR) is 135 cm³/mol. The predicted octanol–water partition coefficient (Wildman–Crippen LogP) is 3.97. The van der Waals surface area contributed by atoms with Gasteiger partial charge in [0.25, 0.3) is 0 Å². The average Bonchev–Trinajstić information content (AvgIpc) is 3.47. The number of nitrogens with zero attached hydrogens (tertiary/aromatic N) is 6. The molecule has 7 heteroatoms. The lowest BCUT2D eigenvalue weighted by Gasteiger charge is -2.37. The summed E-state index contributed by atoms with van der Waals surface area (Å²) >= 11 is 0. The lowest BCUT2D eigenvalue weighted by Crippen LogP contribution is -2.37. The maximum Gasteiger partial charge on any atom is 0.168 e. The summed E-state index contributed by atoms with van der Waals surface area (Å²) in [5.41, 5.74) is 4.89. The SMILES string of the molecule is CC(C)N(Cc1nc2cccc(N3CC[C@@H](N(C)C)C3)n2c1C=O)[C@H]1CCCc2cccnc21. The summed E-state index contributed by atoms with van der Waals surface area (Å²) in [4.78, 5) is 29.3. The topological polar surface area (TPSA) is 57.0 Å². The van der Waals surface area contributed by atoms with Gasteiger partial charge in [-0.1, -0.05) is 12.1 Å². The molecule has 0 amide bonds. The van der Waals surface area contributed by atoms with Gasteiger partial charge in [-0.25, -0.2) is 4.98 Å². The summed E-state index contributed by atoms with van der Waals surface area (Å²) < 4.78 is 2.06. The molecule has 3 aromatic heterocycles. The minimum atomic E-state index is 0.244. The van der Waals surface area contributed by atoms with Crippen molar-refractivity contribution in [1.29, 1.82) is 0 Å². The quantitative estimate of drug-likeness (QED) is 0.498. The van der Waals surface area contributed by atoms with Crippen molar-refractivity contribution in [1.82, 2.24) is 24.2 Å². The third kappa shape index (κ3) is 4.12. The van der Waals surface area contributed by atoms with Gasteiger partial charge in [-0.05, 0) is 77.4 Å². The Morgan fingerprint density at radius 3 is 2.76 bits per heavy atom. The first kappa shape index (κ1) is 23.0. The molecule has 1 fully saturated rings. The Morgan fingerprint density at radius 1 is 1.18 bits per heavy atom. The van der Waals surface area contributed by atoms with Crippen LogP contribution >= 0.6 is 0 Å². The Kier molecular flexibility index (Phi) is 6.40. The maximum atomic E-state index is 12.4. The molecule has 180 valence electrons. The fourth-order valence-electron chi connectivity index (χ4n) is 5.73. The number of aldehydes is 1. The summed E-state index contributed by atoms with van der Waals surface area (Å²) in [5.74, 6) is 1.06. The van der Waals surface area contributed by atoms with Crippen molar-refractivity contribution in [3.05, 3.63) is 59.2 Å². The van der Waals surface area contributed by atoms with Crippen LogP contribution in [-0.4, -0.2) is 69.7 Å². The number of rotatable bonds is 7. The Hall–Kier alpha value is -2.77. The van der Waals surface area contributed by atoms with Crippen LogP contribution in [0, 0.1) is 0 Å². The molecule has 34 heavy (non-hydrogen) atoms. The van der Waals surface area contributed by atoms with Gasteiger partial charge in [0.15, 0.2) is 6.29 Å². The van der Waals surface area contributed by atoms with E-state index in [1.165, 1.54) is 11.3 Å². The van der Waals surface area contributed by atoms with Crippen LogP contribution in [0.25, 0.3) is 5.65 Å². The number of hydrogen-bond donors (Lipinski definition) is 0. The van der Waals surface area contributed by atoms with Crippen LogP contribution in [0.15, 0.2) is 36.5 Å². The standard InChI is InChI=1S/C27H36N6O/c1-19(2)32(23-10-5-8-20-9-7-14-28-27(20)23)17-22-24(18-34)33-25(29-22)11-6-12-26(33)31-15-13-21(16-31)30(3)4/h6-7,9,11-12,14,18-19,21,23H,5,8,10,13,15-17H2,1-4H3/t21-,23+/m1/s1. The van der Waals surface area contributed by atoms with E-state index in [9.17, 15) is 4.79 Å². The van der Waals surface area contributed by atoms with Gasteiger partial charge in [0.2, 0.25) is 0 Å². The van der Waals surface area contributed by atoms with E-state index in [0.29, 0.717) is 24.3 Å². The van der Waals surface area contributed by atoms with E-state index in [-0.39, 0.29) is 6.04 Å². The molecular weight excluding hydrogens is 424 g/mol. The number of pyridine rings is 2. The molecule has 0 bridgehead atoms. The van der Waals surface area contributed by atoms with Gasteiger partial charge >= 0.3 is 0 Å². The van der Waals surface area contributed by atoms with Crippen LogP contribution in [0.4, 0.5) is 5.82 Å². The first-order chi connectivity index (χ1) is 16.5. The zero-order valence-electron chi connectivity index (χ0n) is 20.8. The number of carbonyl (C=O) groups excluding carboxylic acids is 1. The fraction of sp³-hybridized carbons (Fsp3) is 0.519. The molecule has 0 aromatic carbocycles. The molecule has 1 aliphatic heterocycles. The summed E-state index contributed by atoms with van der Waals surface area (Å²) in [6.45, 7) is 7.03. The minimum absolute atomic E-state index is 0.244. The largest absolute Gasteiger partial charge is 0.356 e. The third-order valence-corrected chi connectivity index (χ3v) is 7.63. The van der Waals surface area contributed by atoms with Crippen molar-refractivity contribution >= 4 is 17.8 Å². The van der Waals surface area contributed by atoms with Crippen molar-refractivity contribution in [2.24, 2.45) is 0 Å². The monoisotopic (exact) mass is 460 g/mol. The first-order valence-electron chi connectivity index (χ1n) is 12.5. The molecule has 7 nitrogen and oxygen atoms in total. The number of imidazole rings is 1. The van der Waals surface area contributed by atoms with E-state index < -0.39 is 0 Å². The molecule has 1 aliphatic carbocycles. The van der Waals surface area contributed by atoms with Crippen molar-refractivity contribution in [2.75, 3.05) is 32.1 Å². The highest BCUT2D eigenvalue weighted by Gasteiger charge is 2.31. The van der Waals surface area contributed by atoms with Crippen molar-refractivity contribution in [2.45, 2.75) is 64.2 Å². The lowest BCUT2D eigenvalue weighted by molar-refractivity contribution is 0.110. The average molecular weight is 461 g/mol. The van der Waals surface area contributed by atoms with E-state index in [1.807, 2.05) is 18.3 Å². The molecule has 0 spiro atoms. The van der Waals surface area contributed by atoms with Crippen LogP contribution in [-0.2, 0) is 13.0 Å². The van der Waals surface area contributed by atoms with E-state index in [0.717, 1.165) is 62.2 Å². The number of likely N-dealkylation sites (N-methyl/N-ethyl adjacent to an activating group) is 1. The van der Waals surface area contributed by atoms with Crippen LogP contribution < -0.4 is 4.90 Å². The van der Waals surface area contributed by atoms with Crippen LogP contribution in [0.2, 0.25) is 0 Å². The molecule has 5 rings (SSSR count). The van der Waals surface area contributed by atoms with E-state index in [1.54, 1.807) is 0 Å². The molecule has 3 aromatic rings. The van der Waals surface area contributed by atoms with E-state index in [2.05, 4.69) is 65.2 Å². The smallest absolute Gasteiger partial charge is 0.168 e. The third-order valence-electron chi connectivity index (χ3n) is 7.63. The Labute approximate surface area is 202 Å². The van der Waals surface area contributed by atoms with Crippen LogP contribution in [0.3, 0.4) is 0 Å². The number of fused-ring (bicyclic) bond motifs is 2. The molecule has 4 heterocycles. The zero-order valence-corrected chi connectivity index (χ0v) is 20.8. The molecular formula is C27H36N6O. The van der Waals surface area contributed by atoms with Gasteiger partial charge in [0.1, 0.15) is 17.2 Å². The molecule has 0 N–H and O–H groups in total. The van der Waals surface area contributed by atoms with Crippen molar-refractivity contribution < 1.29 is 4.79 Å². The van der Waals surface area contributed by atoms with Gasteiger partial charge in [-0.15, -0.1) is 0 Å². The normalized spacial score (nSPS) is 20.6. The number of anilines is 1. The van der Waals surface area contributed by atoms with Crippen molar-refractivity contribution in [3.63, 3.8) is 0 Å². The molecule has 2 aliphatic rings. The van der Waals surface area contributed by atoms with Gasteiger partial charge in [0.05, 0.1) is 17.4 Å². The van der Waals surface area contributed by atoms with Crippen molar-refractivity contribution in [3.8, 4) is 0 Å². The Bertz CT molecular complexity index is 1170. The highest BCUT2D eigenvalue weighted by molar-refractivity contribution is 5.78. The number of carbonyl (C=O) groups is 1. The Balaban J connectivity index is 1.51. The first-order valence-corrected chi connectivity index (χ1v) is 12.5. The summed E-state index contributed by atoms with van der Waals surface area (Å²) in [5, 5.41) is 0. The summed E-state index contributed by atoms with van der Waals surface area (Å²) in [6, 6.07) is 11.5. The minimum Gasteiger partial charge on any atom is -0.356 e. The highest BCUT2D eigenvalue weighted by Crippen LogP contribution is 2.35. The van der Waals surface area contributed by atoms with Gasteiger partial charge < -0.3 is 9.80 Å². The summed E-state index contributed by atoms with van der Waals surface area (Å²) in [7, 11) is 4.28. The van der Waals surface area contributed by atoms with Gasteiger partial charge in [-0.3, -0.25) is 19.1 Å². The molecule has 1 saturated heterocycles. The van der Waals surface area contributed by atoms with Gasteiger partial charge in [0, 0.05) is 37.9 Å².